The van der Waals surface area contributed by atoms with Gasteiger partial charge in [0.1, 0.15) is 5.69 Å². The first-order valence-electron chi connectivity index (χ1n) is 6.48. The topological polar surface area (TPSA) is 55.2 Å². The maximum Gasteiger partial charge on any atom is 0.292 e. The van der Waals surface area contributed by atoms with E-state index in [0.717, 1.165) is 24.3 Å². The zero-order valence-electron chi connectivity index (χ0n) is 12.0. The number of anilines is 1. The standard InChI is InChI=1S/C14H22N2O2S/c1-5-8-15-12-7-6-11(9-13(12)16(17)18)10-19-14(2,3)4/h6-7,9,15H,5,8,10H2,1-4H3. The van der Waals surface area contributed by atoms with Crippen molar-refractivity contribution in [3.63, 3.8) is 0 Å². The molecule has 0 aliphatic rings. The number of hydrogen-bond donors (Lipinski definition) is 1. The maximum atomic E-state index is 11.1. The monoisotopic (exact) mass is 282 g/mol. The Balaban J connectivity index is 2.86. The number of hydrogen-bond acceptors (Lipinski definition) is 4. The highest BCUT2D eigenvalue weighted by Gasteiger charge is 2.16. The molecule has 19 heavy (non-hydrogen) atoms. The molecule has 4 nitrogen and oxygen atoms in total. The van der Waals surface area contributed by atoms with Crippen LogP contribution in [0.1, 0.15) is 39.7 Å². The van der Waals surface area contributed by atoms with Crippen molar-refractivity contribution in [2.24, 2.45) is 0 Å². The molecule has 0 aliphatic carbocycles. The van der Waals surface area contributed by atoms with E-state index in [1.54, 1.807) is 17.8 Å². The third-order valence-corrected chi connectivity index (χ3v) is 3.84. The molecule has 0 atom stereocenters. The van der Waals surface area contributed by atoms with Crippen LogP contribution in [0.25, 0.3) is 0 Å². The van der Waals surface area contributed by atoms with Crippen molar-refractivity contribution in [1.82, 2.24) is 0 Å². The van der Waals surface area contributed by atoms with E-state index in [9.17, 15) is 10.1 Å². The molecule has 0 aromatic heterocycles. The lowest BCUT2D eigenvalue weighted by molar-refractivity contribution is -0.384. The molecule has 106 valence electrons. The Morgan fingerprint density at radius 3 is 2.58 bits per heavy atom. The minimum absolute atomic E-state index is 0.161. The number of nitro groups is 1. The zero-order chi connectivity index (χ0) is 14.5. The van der Waals surface area contributed by atoms with Crippen LogP contribution in [0.4, 0.5) is 11.4 Å². The van der Waals surface area contributed by atoms with Crippen LogP contribution in [-0.2, 0) is 5.75 Å². The fourth-order valence-electron chi connectivity index (χ4n) is 1.53. The Morgan fingerprint density at radius 2 is 2.05 bits per heavy atom. The second-order valence-corrected chi connectivity index (χ2v) is 7.24. The van der Waals surface area contributed by atoms with E-state index in [-0.39, 0.29) is 15.4 Å². The summed E-state index contributed by atoms with van der Waals surface area (Å²) in [6, 6.07) is 5.45. The molecule has 1 rings (SSSR count). The molecule has 0 unspecified atom stereocenters. The molecule has 0 bridgehead atoms. The third-order valence-electron chi connectivity index (χ3n) is 2.50. The summed E-state index contributed by atoms with van der Waals surface area (Å²) in [4.78, 5) is 10.8. The van der Waals surface area contributed by atoms with Crippen molar-refractivity contribution >= 4 is 23.1 Å². The number of rotatable bonds is 6. The van der Waals surface area contributed by atoms with Crippen LogP contribution in [0.15, 0.2) is 18.2 Å². The van der Waals surface area contributed by atoms with Gasteiger partial charge in [-0.15, -0.1) is 0 Å². The Kier molecular flexibility index (Phi) is 5.66. The number of benzene rings is 1. The van der Waals surface area contributed by atoms with E-state index >= 15 is 0 Å². The van der Waals surface area contributed by atoms with Gasteiger partial charge in [0.15, 0.2) is 0 Å². The van der Waals surface area contributed by atoms with Gasteiger partial charge in [0.2, 0.25) is 0 Å². The molecule has 0 heterocycles. The lowest BCUT2D eigenvalue weighted by Gasteiger charge is -2.17. The van der Waals surface area contributed by atoms with Gasteiger partial charge in [0, 0.05) is 23.1 Å². The lowest BCUT2D eigenvalue weighted by Crippen LogP contribution is -2.08. The van der Waals surface area contributed by atoms with Gasteiger partial charge < -0.3 is 5.32 Å². The molecule has 0 amide bonds. The Labute approximate surface area is 119 Å². The minimum atomic E-state index is -0.316. The van der Waals surface area contributed by atoms with E-state index in [2.05, 4.69) is 26.1 Å². The van der Waals surface area contributed by atoms with Gasteiger partial charge in [-0.2, -0.15) is 11.8 Å². The largest absolute Gasteiger partial charge is 0.380 e. The highest BCUT2D eigenvalue weighted by atomic mass is 32.2. The van der Waals surface area contributed by atoms with Crippen molar-refractivity contribution < 1.29 is 4.92 Å². The number of nitro benzene ring substituents is 1. The Morgan fingerprint density at radius 1 is 1.37 bits per heavy atom. The first-order valence-corrected chi connectivity index (χ1v) is 7.47. The quantitative estimate of drug-likeness (QED) is 0.618. The van der Waals surface area contributed by atoms with Crippen LogP contribution < -0.4 is 5.32 Å². The number of nitrogens with one attached hydrogen (secondary N) is 1. The van der Waals surface area contributed by atoms with E-state index < -0.39 is 0 Å². The normalized spacial score (nSPS) is 11.4. The van der Waals surface area contributed by atoms with Crippen LogP contribution in [0.3, 0.4) is 0 Å². The first kappa shape index (κ1) is 15.8. The predicted octanol–water partition coefficient (Wildman–Crippen LogP) is 4.45. The van der Waals surface area contributed by atoms with Crippen molar-refractivity contribution in [2.75, 3.05) is 11.9 Å². The first-order chi connectivity index (χ1) is 8.83. The van der Waals surface area contributed by atoms with E-state index in [1.807, 2.05) is 19.1 Å². The molecule has 0 spiro atoms. The molecular formula is C14H22N2O2S. The summed E-state index contributed by atoms with van der Waals surface area (Å²) >= 11 is 1.79. The SMILES string of the molecule is CCCNc1ccc(CSC(C)(C)C)cc1[N+](=O)[O-]. The average molecular weight is 282 g/mol. The van der Waals surface area contributed by atoms with Gasteiger partial charge in [0.25, 0.3) is 5.69 Å². The average Bonchev–Trinajstić information content (AvgIpc) is 2.33. The smallest absolute Gasteiger partial charge is 0.292 e. The highest BCUT2D eigenvalue weighted by Crippen LogP contribution is 2.31. The lowest BCUT2D eigenvalue weighted by atomic mass is 10.2. The summed E-state index contributed by atoms with van der Waals surface area (Å²) in [6.45, 7) is 9.21. The molecule has 0 radical (unpaired) electrons. The fraction of sp³-hybridized carbons (Fsp3) is 0.571. The van der Waals surface area contributed by atoms with Gasteiger partial charge in [-0.25, -0.2) is 0 Å². The van der Waals surface area contributed by atoms with Crippen molar-refractivity contribution in [2.45, 2.75) is 44.6 Å². The molecular weight excluding hydrogens is 260 g/mol. The van der Waals surface area contributed by atoms with Crippen molar-refractivity contribution in [3.05, 3.63) is 33.9 Å². The molecule has 1 N–H and O–H groups in total. The number of nitrogens with zero attached hydrogens (tertiary/aromatic N) is 1. The van der Waals surface area contributed by atoms with E-state index in [4.69, 9.17) is 0 Å². The molecule has 1 aromatic rings. The third kappa shape index (κ3) is 5.51. The Hall–Kier alpha value is -1.23. The Bertz CT molecular complexity index is 442. The van der Waals surface area contributed by atoms with Crippen LogP contribution in [-0.4, -0.2) is 16.2 Å². The molecule has 5 heteroatoms. The fourth-order valence-corrected chi connectivity index (χ4v) is 2.31. The van der Waals surface area contributed by atoms with Crippen molar-refractivity contribution in [3.8, 4) is 0 Å². The molecule has 0 fully saturated rings. The predicted molar refractivity (Wildman–Crippen MR) is 82.9 cm³/mol. The van der Waals surface area contributed by atoms with Crippen LogP contribution in [0.5, 0.6) is 0 Å². The van der Waals surface area contributed by atoms with Gasteiger partial charge in [0.05, 0.1) is 4.92 Å². The van der Waals surface area contributed by atoms with Gasteiger partial charge >= 0.3 is 0 Å². The summed E-state index contributed by atoms with van der Waals surface area (Å²) in [5.74, 6) is 0.790. The summed E-state index contributed by atoms with van der Waals surface area (Å²) in [5, 5.41) is 14.2. The van der Waals surface area contributed by atoms with E-state index in [1.165, 1.54) is 0 Å². The summed E-state index contributed by atoms with van der Waals surface area (Å²) in [7, 11) is 0. The van der Waals surface area contributed by atoms with Crippen LogP contribution in [0, 0.1) is 10.1 Å². The van der Waals surface area contributed by atoms with Crippen LogP contribution in [0.2, 0.25) is 0 Å². The summed E-state index contributed by atoms with van der Waals surface area (Å²) in [6.07, 6.45) is 0.943. The molecule has 1 aromatic carbocycles. The number of thioether (sulfide) groups is 1. The molecule has 0 saturated heterocycles. The van der Waals surface area contributed by atoms with Crippen molar-refractivity contribution in [1.29, 1.82) is 0 Å². The molecule has 0 aliphatic heterocycles. The summed E-state index contributed by atoms with van der Waals surface area (Å²) < 4.78 is 0.161. The minimum Gasteiger partial charge on any atom is -0.380 e. The maximum absolute atomic E-state index is 11.1. The highest BCUT2D eigenvalue weighted by molar-refractivity contribution is 7.99. The van der Waals surface area contributed by atoms with Crippen LogP contribution >= 0.6 is 11.8 Å². The van der Waals surface area contributed by atoms with E-state index in [0.29, 0.717) is 5.69 Å². The van der Waals surface area contributed by atoms with Gasteiger partial charge in [-0.3, -0.25) is 10.1 Å². The second kappa shape index (κ2) is 6.80. The molecule has 0 saturated carbocycles. The zero-order valence-corrected chi connectivity index (χ0v) is 12.8. The summed E-state index contributed by atoms with van der Waals surface area (Å²) in [5.41, 5.74) is 1.77. The van der Waals surface area contributed by atoms with Gasteiger partial charge in [-0.1, -0.05) is 33.8 Å². The van der Waals surface area contributed by atoms with Gasteiger partial charge in [-0.05, 0) is 18.1 Å². The second-order valence-electron chi connectivity index (χ2n) is 5.44.